The Hall–Kier alpha value is -2.72. The van der Waals surface area contributed by atoms with E-state index in [1.165, 1.54) is 12.1 Å². The number of nitrogens with one attached hydrogen (secondary N) is 1. The van der Waals surface area contributed by atoms with Gasteiger partial charge in [0.1, 0.15) is 6.54 Å². The number of hydrogen-bond acceptors (Lipinski definition) is 5. The maximum atomic E-state index is 10.9. The topological polar surface area (TPSA) is 96.8 Å². The largest absolute Gasteiger partial charge is 0.312 e. The molecule has 3 rings (SSSR count). The average Bonchev–Trinajstić information content (AvgIpc) is 2.87. The third-order valence-electron chi connectivity index (χ3n) is 3.56. The van der Waals surface area contributed by atoms with Crippen LogP contribution < -0.4 is 5.32 Å². The average molecular weight is 283 g/mol. The molecule has 1 N–H and O–H groups in total. The van der Waals surface area contributed by atoms with Crippen molar-refractivity contribution in [3.05, 3.63) is 45.6 Å². The molecule has 0 unspecified atom stereocenters. The minimum Gasteiger partial charge on any atom is -0.312 e. The van der Waals surface area contributed by atoms with Gasteiger partial charge in [-0.25, -0.2) is 0 Å². The first-order chi connectivity index (χ1) is 10.2. The molecule has 0 aliphatic carbocycles. The molecule has 0 saturated carbocycles. The zero-order chi connectivity index (χ0) is 14.8. The van der Waals surface area contributed by atoms with Crippen LogP contribution in [0.25, 0.3) is 11.3 Å². The smallest absolute Gasteiger partial charge is 0.270 e. The first-order valence-corrected chi connectivity index (χ1v) is 6.61. The van der Waals surface area contributed by atoms with Gasteiger partial charge in [-0.1, -0.05) is 12.1 Å². The summed E-state index contributed by atoms with van der Waals surface area (Å²) in [5.74, 6) is 0. The fourth-order valence-corrected chi connectivity index (χ4v) is 2.62. The number of nitro groups is 1. The molecule has 0 bridgehead atoms. The summed E-state index contributed by atoms with van der Waals surface area (Å²) in [4.78, 5) is 10.5. The van der Waals surface area contributed by atoms with E-state index in [4.69, 9.17) is 5.26 Å². The van der Waals surface area contributed by atoms with Crippen molar-refractivity contribution in [3.8, 4) is 17.3 Å². The number of nitrogens with zero attached hydrogens (tertiary/aromatic N) is 4. The van der Waals surface area contributed by atoms with E-state index in [0.29, 0.717) is 12.1 Å². The summed E-state index contributed by atoms with van der Waals surface area (Å²) >= 11 is 0. The molecule has 0 atom stereocenters. The highest BCUT2D eigenvalue weighted by Crippen LogP contribution is 2.29. The number of nitro benzene ring substituents is 1. The number of aromatic nitrogens is 2. The van der Waals surface area contributed by atoms with Gasteiger partial charge < -0.3 is 5.32 Å². The molecule has 0 saturated heterocycles. The second-order valence-corrected chi connectivity index (χ2v) is 4.82. The molecular weight excluding hydrogens is 270 g/mol. The zero-order valence-electron chi connectivity index (χ0n) is 11.2. The van der Waals surface area contributed by atoms with E-state index in [1.807, 2.05) is 0 Å². The standard InChI is InChI=1S/C14H13N5O2/c15-5-7-18-13-4-6-16-9-12(13)14(17-18)10-2-1-3-11(8-10)19(20)21/h1-3,8,16H,4,6-7,9H2. The van der Waals surface area contributed by atoms with E-state index >= 15 is 0 Å². The van der Waals surface area contributed by atoms with Crippen molar-refractivity contribution in [1.82, 2.24) is 15.1 Å². The number of hydrogen-bond donors (Lipinski definition) is 1. The fraction of sp³-hybridized carbons (Fsp3) is 0.286. The summed E-state index contributed by atoms with van der Waals surface area (Å²) in [5.41, 5.74) is 3.53. The van der Waals surface area contributed by atoms with Crippen LogP contribution in [0.15, 0.2) is 24.3 Å². The fourth-order valence-electron chi connectivity index (χ4n) is 2.62. The Morgan fingerprint density at radius 1 is 1.52 bits per heavy atom. The molecule has 1 aromatic heterocycles. The van der Waals surface area contributed by atoms with Crippen molar-refractivity contribution in [1.29, 1.82) is 5.26 Å². The molecule has 1 aromatic carbocycles. The Bertz CT molecular complexity index is 744. The van der Waals surface area contributed by atoms with Crippen LogP contribution in [0.1, 0.15) is 11.3 Å². The Labute approximate surface area is 121 Å². The van der Waals surface area contributed by atoms with Crippen molar-refractivity contribution in [2.45, 2.75) is 19.5 Å². The molecular formula is C14H13N5O2. The second kappa shape index (κ2) is 5.34. The Morgan fingerprint density at radius 2 is 2.38 bits per heavy atom. The van der Waals surface area contributed by atoms with Gasteiger partial charge in [0, 0.05) is 48.5 Å². The van der Waals surface area contributed by atoms with Gasteiger partial charge in [-0.3, -0.25) is 14.8 Å². The highest BCUT2D eigenvalue weighted by molar-refractivity contribution is 5.67. The van der Waals surface area contributed by atoms with E-state index in [-0.39, 0.29) is 12.2 Å². The highest BCUT2D eigenvalue weighted by atomic mass is 16.6. The van der Waals surface area contributed by atoms with Gasteiger partial charge in [-0.05, 0) is 0 Å². The summed E-state index contributed by atoms with van der Waals surface area (Å²) in [6, 6.07) is 8.54. The molecule has 7 nitrogen and oxygen atoms in total. The van der Waals surface area contributed by atoms with Gasteiger partial charge in [-0.15, -0.1) is 0 Å². The highest BCUT2D eigenvalue weighted by Gasteiger charge is 2.22. The molecule has 7 heteroatoms. The summed E-state index contributed by atoms with van der Waals surface area (Å²) in [6.45, 7) is 1.70. The lowest BCUT2D eigenvalue weighted by Gasteiger charge is -2.14. The van der Waals surface area contributed by atoms with Crippen molar-refractivity contribution < 1.29 is 4.92 Å². The quantitative estimate of drug-likeness (QED) is 0.682. The lowest BCUT2D eigenvalue weighted by atomic mass is 10.0. The number of fused-ring (bicyclic) bond motifs is 1. The lowest BCUT2D eigenvalue weighted by molar-refractivity contribution is -0.384. The zero-order valence-corrected chi connectivity index (χ0v) is 11.2. The minimum atomic E-state index is -0.416. The lowest BCUT2D eigenvalue weighted by Crippen LogP contribution is -2.24. The van der Waals surface area contributed by atoms with Crippen molar-refractivity contribution in [3.63, 3.8) is 0 Å². The monoisotopic (exact) mass is 283 g/mol. The summed E-state index contributed by atoms with van der Waals surface area (Å²) in [6.07, 6.45) is 0.805. The predicted octanol–water partition coefficient (Wildman–Crippen LogP) is 1.63. The number of non-ortho nitro benzene ring substituents is 1. The predicted molar refractivity (Wildman–Crippen MR) is 75.3 cm³/mol. The van der Waals surface area contributed by atoms with E-state index in [1.54, 1.807) is 16.8 Å². The molecule has 0 radical (unpaired) electrons. The summed E-state index contributed by atoms with van der Waals surface area (Å²) < 4.78 is 1.70. The summed E-state index contributed by atoms with van der Waals surface area (Å²) in [5, 5.41) is 27.6. The van der Waals surface area contributed by atoms with E-state index in [2.05, 4.69) is 16.5 Å². The SMILES string of the molecule is N#CCn1nc(-c2cccc([N+](=O)[O-])c2)c2c1CCNC2. The third kappa shape index (κ3) is 2.37. The van der Waals surface area contributed by atoms with Gasteiger partial charge in [0.25, 0.3) is 5.69 Å². The van der Waals surface area contributed by atoms with E-state index < -0.39 is 4.92 Å². The molecule has 21 heavy (non-hydrogen) atoms. The molecule has 0 amide bonds. The molecule has 106 valence electrons. The molecule has 2 aromatic rings. The van der Waals surface area contributed by atoms with Crippen molar-refractivity contribution in [2.24, 2.45) is 0 Å². The molecule has 1 aliphatic rings. The van der Waals surface area contributed by atoms with Crippen LogP contribution in [0.5, 0.6) is 0 Å². The minimum absolute atomic E-state index is 0.0415. The normalized spacial score (nSPS) is 13.5. The molecule has 0 spiro atoms. The summed E-state index contributed by atoms with van der Waals surface area (Å²) in [7, 11) is 0. The van der Waals surface area contributed by atoms with Crippen LogP contribution in [0, 0.1) is 21.4 Å². The maximum Gasteiger partial charge on any atom is 0.270 e. The molecule has 0 fully saturated rings. The third-order valence-corrected chi connectivity index (χ3v) is 3.56. The van der Waals surface area contributed by atoms with Crippen LogP contribution in [0.4, 0.5) is 5.69 Å². The first-order valence-electron chi connectivity index (χ1n) is 6.61. The first kappa shape index (κ1) is 13.3. The second-order valence-electron chi connectivity index (χ2n) is 4.82. The van der Waals surface area contributed by atoms with Crippen LogP contribution in [-0.2, 0) is 19.5 Å². The number of benzene rings is 1. The van der Waals surface area contributed by atoms with E-state index in [0.717, 1.165) is 29.9 Å². The van der Waals surface area contributed by atoms with Crippen LogP contribution in [0.2, 0.25) is 0 Å². The molecule has 1 aliphatic heterocycles. The Balaban J connectivity index is 2.12. The van der Waals surface area contributed by atoms with Gasteiger partial charge in [0.2, 0.25) is 0 Å². The van der Waals surface area contributed by atoms with Gasteiger partial charge in [-0.2, -0.15) is 10.4 Å². The van der Waals surface area contributed by atoms with Crippen LogP contribution in [0.3, 0.4) is 0 Å². The van der Waals surface area contributed by atoms with Crippen molar-refractivity contribution >= 4 is 5.69 Å². The van der Waals surface area contributed by atoms with Gasteiger partial charge in [0.05, 0.1) is 16.7 Å². The number of rotatable bonds is 3. The van der Waals surface area contributed by atoms with Crippen LogP contribution in [-0.4, -0.2) is 21.2 Å². The maximum absolute atomic E-state index is 10.9. The molecule has 2 heterocycles. The van der Waals surface area contributed by atoms with E-state index in [9.17, 15) is 10.1 Å². The Morgan fingerprint density at radius 3 is 3.14 bits per heavy atom. The van der Waals surface area contributed by atoms with Gasteiger partial charge >= 0.3 is 0 Å². The van der Waals surface area contributed by atoms with Crippen molar-refractivity contribution in [2.75, 3.05) is 6.54 Å². The Kier molecular flexibility index (Phi) is 3.38. The van der Waals surface area contributed by atoms with Crippen LogP contribution >= 0.6 is 0 Å². The number of nitriles is 1. The van der Waals surface area contributed by atoms with Gasteiger partial charge in [0.15, 0.2) is 0 Å².